The zero-order valence-electron chi connectivity index (χ0n) is 15.4. The van der Waals surface area contributed by atoms with Gasteiger partial charge in [0.05, 0.1) is 6.26 Å². The molecule has 0 saturated heterocycles. The molecule has 3 nitrogen and oxygen atoms in total. The molecule has 0 atom stereocenters. The number of nitrogens with one attached hydrogen (secondary N) is 1. The predicted octanol–water partition coefficient (Wildman–Crippen LogP) is 5.40. The Morgan fingerprint density at radius 1 is 0.893 bits per heavy atom. The highest BCUT2D eigenvalue weighted by Crippen LogP contribution is 2.36. The molecule has 0 heterocycles. The van der Waals surface area contributed by atoms with Crippen LogP contribution in [0.25, 0.3) is 11.6 Å². The number of fused-ring (bicyclic) bond motifs is 2. The van der Waals surface area contributed by atoms with Crippen LogP contribution >= 0.6 is 11.6 Å². The highest BCUT2D eigenvalue weighted by Gasteiger charge is 2.18. The van der Waals surface area contributed by atoms with Crippen molar-refractivity contribution in [1.29, 1.82) is 0 Å². The summed E-state index contributed by atoms with van der Waals surface area (Å²) in [4.78, 5) is 0. The van der Waals surface area contributed by atoms with Gasteiger partial charge in [0, 0.05) is 10.7 Å². The number of anilines is 1. The van der Waals surface area contributed by atoms with E-state index in [4.69, 9.17) is 11.6 Å². The summed E-state index contributed by atoms with van der Waals surface area (Å²) in [7, 11) is -3.28. The van der Waals surface area contributed by atoms with Gasteiger partial charge in [0.1, 0.15) is 0 Å². The fourth-order valence-electron chi connectivity index (χ4n) is 3.63. The summed E-state index contributed by atoms with van der Waals surface area (Å²) in [5.41, 5.74) is 7.68. The van der Waals surface area contributed by atoms with Crippen LogP contribution in [0, 0.1) is 0 Å². The summed E-state index contributed by atoms with van der Waals surface area (Å²) in [6.45, 7) is 0. The van der Waals surface area contributed by atoms with Gasteiger partial charge >= 0.3 is 0 Å². The Morgan fingerprint density at radius 2 is 1.57 bits per heavy atom. The molecule has 0 bridgehead atoms. The average molecular weight is 410 g/mol. The third kappa shape index (κ3) is 4.13. The topological polar surface area (TPSA) is 46.2 Å². The second kappa shape index (κ2) is 7.46. The number of hydrogen-bond acceptors (Lipinski definition) is 2. The second-order valence-electron chi connectivity index (χ2n) is 7.01. The van der Waals surface area contributed by atoms with Gasteiger partial charge in [-0.3, -0.25) is 4.72 Å². The highest BCUT2D eigenvalue weighted by molar-refractivity contribution is 7.92. The van der Waals surface area contributed by atoms with Gasteiger partial charge in [0.15, 0.2) is 0 Å². The van der Waals surface area contributed by atoms with Gasteiger partial charge in [-0.25, -0.2) is 8.42 Å². The Balaban J connectivity index is 1.82. The van der Waals surface area contributed by atoms with Crippen LogP contribution in [0.4, 0.5) is 5.69 Å². The number of benzene rings is 3. The fourth-order valence-corrected chi connectivity index (χ4v) is 4.39. The van der Waals surface area contributed by atoms with Gasteiger partial charge in [-0.2, -0.15) is 0 Å². The molecule has 142 valence electrons. The molecule has 5 heteroatoms. The summed E-state index contributed by atoms with van der Waals surface area (Å²) in [6.07, 6.45) is 5.22. The first-order chi connectivity index (χ1) is 13.4. The van der Waals surface area contributed by atoms with E-state index in [1.54, 1.807) is 12.1 Å². The highest BCUT2D eigenvalue weighted by atomic mass is 35.5. The molecular formula is C23H20ClNO2S. The summed E-state index contributed by atoms with van der Waals surface area (Å²) < 4.78 is 25.3. The molecule has 0 aliphatic heterocycles. The Morgan fingerprint density at radius 3 is 2.32 bits per heavy atom. The predicted molar refractivity (Wildman–Crippen MR) is 117 cm³/mol. The lowest BCUT2D eigenvalue weighted by molar-refractivity contribution is 0.607. The van der Waals surface area contributed by atoms with Crippen molar-refractivity contribution in [2.24, 2.45) is 0 Å². The molecule has 0 unspecified atom stereocenters. The molecule has 3 aromatic rings. The minimum Gasteiger partial charge on any atom is -0.284 e. The number of rotatable bonds is 3. The molecule has 28 heavy (non-hydrogen) atoms. The number of hydrogen-bond donors (Lipinski definition) is 1. The lowest BCUT2D eigenvalue weighted by Crippen LogP contribution is -2.09. The van der Waals surface area contributed by atoms with Gasteiger partial charge in [0.25, 0.3) is 0 Å². The van der Waals surface area contributed by atoms with E-state index in [1.165, 1.54) is 22.3 Å². The number of sulfonamides is 1. The van der Waals surface area contributed by atoms with Gasteiger partial charge < -0.3 is 0 Å². The van der Waals surface area contributed by atoms with E-state index in [-0.39, 0.29) is 0 Å². The van der Waals surface area contributed by atoms with Crippen molar-refractivity contribution in [3.05, 3.63) is 99.6 Å². The standard InChI is InChI=1S/C23H20ClNO2S/c1-28(26,27)25-20-11-6-16(7-12-20)14-23-21-5-3-2-4-17(21)8-9-18-15-19(24)10-13-22(18)23/h2-7,10-15,25H,8-9H2,1H3/b23-14-. The van der Waals surface area contributed by atoms with Crippen LogP contribution in [-0.2, 0) is 22.9 Å². The van der Waals surface area contributed by atoms with Crippen molar-refractivity contribution in [2.45, 2.75) is 12.8 Å². The summed E-state index contributed by atoms with van der Waals surface area (Å²) in [5.74, 6) is 0. The Labute approximate surface area is 170 Å². The van der Waals surface area contributed by atoms with E-state index in [1.807, 2.05) is 18.2 Å². The number of aryl methyl sites for hydroxylation is 2. The average Bonchev–Trinajstić information content (AvgIpc) is 2.79. The molecule has 1 N–H and O–H groups in total. The largest absolute Gasteiger partial charge is 0.284 e. The monoisotopic (exact) mass is 409 g/mol. The summed E-state index contributed by atoms with van der Waals surface area (Å²) in [5, 5.41) is 0.750. The van der Waals surface area contributed by atoms with Crippen LogP contribution in [0.15, 0.2) is 66.7 Å². The van der Waals surface area contributed by atoms with E-state index in [0.29, 0.717) is 5.69 Å². The maximum Gasteiger partial charge on any atom is 0.229 e. The fraction of sp³-hybridized carbons (Fsp3) is 0.130. The normalized spacial score (nSPS) is 14.9. The van der Waals surface area contributed by atoms with E-state index in [9.17, 15) is 8.42 Å². The van der Waals surface area contributed by atoms with Crippen LogP contribution in [0.5, 0.6) is 0 Å². The zero-order chi connectivity index (χ0) is 19.7. The zero-order valence-corrected chi connectivity index (χ0v) is 17.0. The van der Waals surface area contributed by atoms with Crippen molar-refractivity contribution in [3.63, 3.8) is 0 Å². The molecule has 0 saturated carbocycles. The molecule has 0 aromatic heterocycles. The summed E-state index contributed by atoms with van der Waals surface area (Å²) >= 11 is 6.24. The van der Waals surface area contributed by atoms with Crippen LogP contribution in [0.3, 0.4) is 0 Å². The first-order valence-electron chi connectivity index (χ1n) is 9.06. The Kier molecular flexibility index (Phi) is 5.00. The van der Waals surface area contributed by atoms with Crippen molar-refractivity contribution in [2.75, 3.05) is 11.0 Å². The maximum absolute atomic E-state index is 11.4. The van der Waals surface area contributed by atoms with E-state index in [0.717, 1.165) is 35.3 Å². The first-order valence-corrected chi connectivity index (χ1v) is 11.3. The van der Waals surface area contributed by atoms with Crippen LogP contribution in [0.2, 0.25) is 5.02 Å². The first kappa shape index (κ1) is 18.8. The molecule has 3 aromatic carbocycles. The molecule has 0 spiro atoms. The third-order valence-corrected chi connectivity index (χ3v) is 5.70. The van der Waals surface area contributed by atoms with Crippen molar-refractivity contribution in [3.8, 4) is 0 Å². The lowest BCUT2D eigenvalue weighted by atomic mass is 9.92. The van der Waals surface area contributed by atoms with E-state index < -0.39 is 10.0 Å². The second-order valence-corrected chi connectivity index (χ2v) is 9.20. The van der Waals surface area contributed by atoms with Gasteiger partial charge in [-0.05, 0) is 76.6 Å². The van der Waals surface area contributed by atoms with Crippen LogP contribution < -0.4 is 4.72 Å². The lowest BCUT2D eigenvalue weighted by Gasteiger charge is -2.13. The van der Waals surface area contributed by atoms with E-state index >= 15 is 0 Å². The maximum atomic E-state index is 11.4. The third-order valence-electron chi connectivity index (χ3n) is 4.85. The molecule has 4 rings (SSSR count). The van der Waals surface area contributed by atoms with Crippen molar-refractivity contribution >= 4 is 39.0 Å². The molecule has 0 radical (unpaired) electrons. The Bertz CT molecular complexity index is 1170. The van der Waals surface area contributed by atoms with Gasteiger partial charge in [-0.15, -0.1) is 0 Å². The Hall–Kier alpha value is -2.56. The van der Waals surface area contributed by atoms with Crippen molar-refractivity contribution < 1.29 is 8.42 Å². The summed E-state index contributed by atoms with van der Waals surface area (Å²) in [6, 6.07) is 21.9. The van der Waals surface area contributed by atoms with E-state index in [2.05, 4.69) is 47.2 Å². The molecular weight excluding hydrogens is 390 g/mol. The molecule has 1 aliphatic carbocycles. The van der Waals surface area contributed by atoms with Crippen molar-refractivity contribution in [1.82, 2.24) is 0 Å². The smallest absolute Gasteiger partial charge is 0.229 e. The SMILES string of the molecule is CS(=O)(=O)Nc1ccc(/C=C2/c3ccccc3CCc3cc(Cl)ccc32)cc1. The molecule has 0 amide bonds. The van der Waals surface area contributed by atoms with Crippen LogP contribution in [0.1, 0.15) is 27.8 Å². The van der Waals surface area contributed by atoms with Crippen LogP contribution in [-0.4, -0.2) is 14.7 Å². The molecule has 1 aliphatic rings. The number of halogens is 1. The van der Waals surface area contributed by atoms with Gasteiger partial charge in [-0.1, -0.05) is 54.1 Å². The molecule has 0 fully saturated rings. The quantitative estimate of drug-likeness (QED) is 0.629. The minimum absolute atomic E-state index is 0.554. The minimum atomic E-state index is -3.28. The van der Waals surface area contributed by atoms with Gasteiger partial charge in [0.2, 0.25) is 10.0 Å².